The molecule has 0 aliphatic rings. The predicted molar refractivity (Wildman–Crippen MR) is 85.2 cm³/mol. The van der Waals surface area contributed by atoms with Crippen LogP contribution in [0.15, 0.2) is 18.2 Å². The first kappa shape index (κ1) is 17.3. The van der Waals surface area contributed by atoms with Crippen molar-refractivity contribution < 1.29 is 14.3 Å². The van der Waals surface area contributed by atoms with Crippen molar-refractivity contribution in [2.75, 3.05) is 14.2 Å². The van der Waals surface area contributed by atoms with Gasteiger partial charge in [-0.1, -0.05) is 20.8 Å². The Bertz CT molecular complexity index is 501. The number of nitrogens with one attached hydrogen (secondary N) is 1. The molecule has 0 spiro atoms. The topological polar surface area (TPSA) is 47.6 Å². The summed E-state index contributed by atoms with van der Waals surface area (Å²) >= 11 is 0. The Morgan fingerprint density at radius 1 is 1.05 bits per heavy atom. The lowest BCUT2D eigenvalue weighted by Gasteiger charge is -2.33. The van der Waals surface area contributed by atoms with Crippen molar-refractivity contribution in [3.63, 3.8) is 0 Å². The Morgan fingerprint density at radius 3 is 2.10 bits per heavy atom. The van der Waals surface area contributed by atoms with Gasteiger partial charge in [-0.15, -0.1) is 0 Å². The second kappa shape index (κ2) is 6.37. The van der Waals surface area contributed by atoms with Crippen molar-refractivity contribution >= 4 is 5.91 Å². The number of ether oxygens (including phenoxy) is 2. The molecule has 0 atom stereocenters. The molecule has 118 valence electrons. The van der Waals surface area contributed by atoms with Gasteiger partial charge in [0.25, 0.3) is 5.91 Å². The number of amides is 1. The first-order valence-electron chi connectivity index (χ1n) is 7.12. The van der Waals surface area contributed by atoms with Crippen molar-refractivity contribution in [3.05, 3.63) is 23.8 Å². The summed E-state index contributed by atoms with van der Waals surface area (Å²) in [4.78, 5) is 12.4. The van der Waals surface area contributed by atoms with Crippen LogP contribution in [0.3, 0.4) is 0 Å². The molecule has 1 aromatic rings. The third kappa shape index (κ3) is 5.29. The largest absolute Gasteiger partial charge is 0.493 e. The fourth-order valence-electron chi connectivity index (χ4n) is 2.73. The van der Waals surface area contributed by atoms with Crippen LogP contribution in [0, 0.1) is 5.41 Å². The smallest absolute Gasteiger partial charge is 0.251 e. The van der Waals surface area contributed by atoms with Crippen molar-refractivity contribution in [1.29, 1.82) is 0 Å². The highest BCUT2D eigenvalue weighted by atomic mass is 16.5. The molecule has 0 aromatic heterocycles. The number of hydrogen-bond donors (Lipinski definition) is 1. The second-order valence-electron chi connectivity index (χ2n) is 7.15. The summed E-state index contributed by atoms with van der Waals surface area (Å²) in [6.07, 6.45) is 0.888. The van der Waals surface area contributed by atoms with Gasteiger partial charge >= 0.3 is 0 Å². The zero-order valence-corrected chi connectivity index (χ0v) is 14.2. The van der Waals surface area contributed by atoms with E-state index in [9.17, 15) is 4.79 Å². The molecule has 1 aromatic carbocycles. The van der Waals surface area contributed by atoms with Crippen LogP contribution in [0.2, 0.25) is 0 Å². The fraction of sp³-hybridized carbons (Fsp3) is 0.588. The molecule has 0 heterocycles. The molecule has 0 unspecified atom stereocenters. The van der Waals surface area contributed by atoms with E-state index in [-0.39, 0.29) is 16.9 Å². The summed E-state index contributed by atoms with van der Waals surface area (Å²) in [5.41, 5.74) is 0.436. The monoisotopic (exact) mass is 293 g/mol. The third-order valence-electron chi connectivity index (χ3n) is 3.07. The third-order valence-corrected chi connectivity index (χ3v) is 3.07. The summed E-state index contributed by atoms with van der Waals surface area (Å²) in [7, 11) is 3.13. The number of methoxy groups -OCH3 is 2. The van der Waals surface area contributed by atoms with Crippen LogP contribution in [0.25, 0.3) is 0 Å². The molecule has 21 heavy (non-hydrogen) atoms. The van der Waals surface area contributed by atoms with Gasteiger partial charge in [-0.3, -0.25) is 4.79 Å². The minimum Gasteiger partial charge on any atom is -0.493 e. The lowest BCUT2D eigenvalue weighted by molar-refractivity contribution is 0.0891. The number of carbonyl (C=O) groups excluding carboxylic acids is 1. The van der Waals surface area contributed by atoms with Gasteiger partial charge in [-0.25, -0.2) is 0 Å². The fourth-order valence-corrected chi connectivity index (χ4v) is 2.73. The first-order chi connectivity index (χ1) is 9.58. The summed E-state index contributed by atoms with van der Waals surface area (Å²) in [5.74, 6) is 1.06. The average molecular weight is 293 g/mol. The van der Waals surface area contributed by atoms with E-state index in [4.69, 9.17) is 9.47 Å². The molecule has 4 heteroatoms. The highest BCUT2D eigenvalue weighted by Crippen LogP contribution is 2.29. The van der Waals surface area contributed by atoms with Crippen LogP contribution < -0.4 is 14.8 Å². The summed E-state index contributed by atoms with van der Waals surface area (Å²) < 4.78 is 10.4. The lowest BCUT2D eigenvalue weighted by atomic mass is 9.81. The van der Waals surface area contributed by atoms with E-state index in [1.807, 2.05) is 13.8 Å². The van der Waals surface area contributed by atoms with Gasteiger partial charge in [0.05, 0.1) is 14.2 Å². The molecule has 1 rings (SSSR count). The molecule has 0 saturated heterocycles. The van der Waals surface area contributed by atoms with Crippen molar-refractivity contribution in [2.24, 2.45) is 5.41 Å². The Hall–Kier alpha value is -1.71. The van der Waals surface area contributed by atoms with Crippen LogP contribution in [0.5, 0.6) is 11.5 Å². The van der Waals surface area contributed by atoms with Crippen LogP contribution >= 0.6 is 0 Å². The maximum absolute atomic E-state index is 12.4. The van der Waals surface area contributed by atoms with E-state index < -0.39 is 0 Å². The van der Waals surface area contributed by atoms with Gasteiger partial charge in [0.1, 0.15) is 0 Å². The number of carbonyl (C=O) groups is 1. The molecule has 4 nitrogen and oxygen atoms in total. The SMILES string of the molecule is COc1ccc(C(=O)NC(C)(C)CC(C)(C)C)cc1OC. The summed E-state index contributed by atoms with van der Waals surface area (Å²) in [6.45, 7) is 10.6. The standard InChI is InChI=1S/C17H27NO3/c1-16(2,3)11-17(4,5)18-15(19)12-8-9-13(20-6)14(10-12)21-7/h8-10H,11H2,1-7H3,(H,18,19). The zero-order valence-electron chi connectivity index (χ0n) is 14.2. The average Bonchev–Trinajstić information content (AvgIpc) is 2.34. The Balaban J connectivity index is 2.89. The highest BCUT2D eigenvalue weighted by Gasteiger charge is 2.27. The van der Waals surface area contributed by atoms with Crippen molar-refractivity contribution in [1.82, 2.24) is 5.32 Å². The van der Waals surface area contributed by atoms with E-state index in [1.165, 1.54) is 0 Å². The second-order valence-corrected chi connectivity index (χ2v) is 7.15. The zero-order chi connectivity index (χ0) is 16.3. The molecule has 1 N–H and O–H groups in total. The molecule has 0 radical (unpaired) electrons. The van der Waals surface area contributed by atoms with E-state index >= 15 is 0 Å². The van der Waals surface area contributed by atoms with Crippen LogP contribution in [0.4, 0.5) is 0 Å². The van der Waals surface area contributed by atoms with Gasteiger partial charge in [0, 0.05) is 11.1 Å². The molecular weight excluding hydrogens is 266 g/mol. The number of hydrogen-bond acceptors (Lipinski definition) is 3. The Labute approximate surface area is 127 Å². The van der Waals surface area contributed by atoms with Gasteiger partial charge in [0.15, 0.2) is 11.5 Å². The van der Waals surface area contributed by atoms with Crippen LogP contribution in [0.1, 0.15) is 51.4 Å². The normalized spacial score (nSPS) is 12.0. The van der Waals surface area contributed by atoms with E-state index in [1.54, 1.807) is 32.4 Å². The van der Waals surface area contributed by atoms with E-state index in [0.29, 0.717) is 17.1 Å². The van der Waals surface area contributed by atoms with Crippen molar-refractivity contribution in [3.8, 4) is 11.5 Å². The molecule has 0 saturated carbocycles. The Kier molecular flexibility index (Phi) is 5.26. The van der Waals surface area contributed by atoms with Crippen LogP contribution in [-0.2, 0) is 0 Å². The highest BCUT2D eigenvalue weighted by molar-refractivity contribution is 5.95. The molecule has 0 fully saturated rings. The molecule has 0 bridgehead atoms. The maximum Gasteiger partial charge on any atom is 0.251 e. The molecule has 0 aliphatic heterocycles. The lowest BCUT2D eigenvalue weighted by Crippen LogP contribution is -2.45. The van der Waals surface area contributed by atoms with Gasteiger partial charge in [0.2, 0.25) is 0 Å². The first-order valence-corrected chi connectivity index (χ1v) is 7.12. The molecule has 1 amide bonds. The summed E-state index contributed by atoms with van der Waals surface area (Å²) in [6, 6.07) is 5.18. The van der Waals surface area contributed by atoms with Gasteiger partial charge in [-0.2, -0.15) is 0 Å². The minimum absolute atomic E-state index is 0.106. The Morgan fingerprint density at radius 2 is 1.62 bits per heavy atom. The maximum atomic E-state index is 12.4. The molecular formula is C17H27NO3. The molecule has 0 aliphatic carbocycles. The minimum atomic E-state index is -0.275. The van der Waals surface area contributed by atoms with Crippen LogP contribution in [-0.4, -0.2) is 25.7 Å². The number of rotatable bonds is 5. The van der Waals surface area contributed by atoms with Crippen molar-refractivity contribution in [2.45, 2.75) is 46.6 Å². The van der Waals surface area contributed by atoms with Gasteiger partial charge in [-0.05, 0) is 43.9 Å². The van der Waals surface area contributed by atoms with E-state index in [0.717, 1.165) is 6.42 Å². The quantitative estimate of drug-likeness (QED) is 0.901. The predicted octanol–water partition coefficient (Wildman–Crippen LogP) is 3.65. The van der Waals surface area contributed by atoms with Gasteiger partial charge < -0.3 is 14.8 Å². The summed E-state index contributed by atoms with van der Waals surface area (Å²) in [5, 5.41) is 3.08. The number of benzene rings is 1. The van der Waals surface area contributed by atoms with E-state index in [2.05, 4.69) is 26.1 Å².